The highest BCUT2D eigenvalue weighted by Crippen LogP contribution is 2.27. The molecule has 0 unspecified atom stereocenters. The van der Waals surface area contributed by atoms with Gasteiger partial charge < -0.3 is 4.74 Å². The summed E-state index contributed by atoms with van der Waals surface area (Å²) in [6.07, 6.45) is 0.734. The van der Waals surface area contributed by atoms with Crippen LogP contribution in [0.3, 0.4) is 0 Å². The van der Waals surface area contributed by atoms with Crippen molar-refractivity contribution in [2.75, 3.05) is 13.1 Å². The Balaban J connectivity index is 1.61. The van der Waals surface area contributed by atoms with Gasteiger partial charge in [-0.1, -0.05) is 11.6 Å². The lowest BCUT2D eigenvalue weighted by Crippen LogP contribution is -2.41. The number of piperidine rings is 1. The molecular weight excluding hydrogens is 393 g/mol. The van der Waals surface area contributed by atoms with Crippen molar-refractivity contribution in [1.29, 1.82) is 0 Å². The van der Waals surface area contributed by atoms with E-state index in [-0.39, 0.29) is 29.9 Å². The van der Waals surface area contributed by atoms with Crippen molar-refractivity contribution < 1.29 is 22.3 Å². The molecule has 5 nitrogen and oxygen atoms in total. The van der Waals surface area contributed by atoms with Crippen LogP contribution in [0.5, 0.6) is 5.75 Å². The van der Waals surface area contributed by atoms with Crippen LogP contribution >= 0.6 is 11.6 Å². The maximum Gasteiger partial charge on any atom is 0.314 e. The van der Waals surface area contributed by atoms with E-state index in [9.17, 15) is 17.6 Å². The summed E-state index contributed by atoms with van der Waals surface area (Å²) in [6, 6.07) is 9.70. The number of carbonyl (C=O) groups is 1. The number of hydrogen-bond acceptors (Lipinski definition) is 4. The first-order valence-corrected chi connectivity index (χ1v) is 10.3. The molecule has 1 aliphatic rings. The lowest BCUT2D eigenvalue weighted by molar-refractivity contribution is -0.140. The highest BCUT2D eigenvalue weighted by Gasteiger charge is 2.33. The standard InChI is InChI=1S/C19H19ClFNO4S/c1-13-12-16(4-7-18(13)20)26-19(23)14-8-10-22(11-9-14)27(24,25)17-5-2-15(21)3-6-17/h2-7,12,14H,8-11H2,1H3. The molecular formula is C19H19ClFNO4S. The second-order valence-electron chi connectivity index (χ2n) is 6.46. The van der Waals surface area contributed by atoms with Gasteiger partial charge in [-0.3, -0.25) is 4.79 Å². The van der Waals surface area contributed by atoms with E-state index in [1.165, 1.54) is 16.4 Å². The first-order valence-electron chi connectivity index (χ1n) is 8.51. The Morgan fingerprint density at radius 1 is 1.15 bits per heavy atom. The summed E-state index contributed by atoms with van der Waals surface area (Å²) in [5.41, 5.74) is 0.808. The number of hydrogen-bond donors (Lipinski definition) is 0. The van der Waals surface area contributed by atoms with Gasteiger partial charge in [-0.15, -0.1) is 0 Å². The average molecular weight is 412 g/mol. The van der Waals surface area contributed by atoms with Crippen LogP contribution in [0, 0.1) is 18.7 Å². The van der Waals surface area contributed by atoms with Crippen LogP contribution in [-0.2, 0) is 14.8 Å². The van der Waals surface area contributed by atoms with Gasteiger partial charge in [0.2, 0.25) is 10.0 Å². The van der Waals surface area contributed by atoms with Gasteiger partial charge in [0.25, 0.3) is 0 Å². The Labute approximate surface area is 162 Å². The number of rotatable bonds is 4. The Hall–Kier alpha value is -1.96. The zero-order valence-electron chi connectivity index (χ0n) is 14.7. The van der Waals surface area contributed by atoms with Gasteiger partial charge in [0.15, 0.2) is 0 Å². The molecule has 2 aromatic carbocycles. The summed E-state index contributed by atoms with van der Waals surface area (Å²) >= 11 is 5.96. The predicted octanol–water partition coefficient (Wildman–Crippen LogP) is 3.79. The van der Waals surface area contributed by atoms with E-state index < -0.39 is 15.8 Å². The van der Waals surface area contributed by atoms with Crippen LogP contribution in [0.1, 0.15) is 18.4 Å². The Morgan fingerprint density at radius 2 is 1.78 bits per heavy atom. The first kappa shape index (κ1) is 19.8. The van der Waals surface area contributed by atoms with Crippen LogP contribution in [0.15, 0.2) is 47.4 Å². The zero-order chi connectivity index (χ0) is 19.6. The lowest BCUT2D eigenvalue weighted by Gasteiger charge is -2.30. The van der Waals surface area contributed by atoms with E-state index in [4.69, 9.17) is 16.3 Å². The first-order chi connectivity index (χ1) is 12.8. The third-order valence-corrected chi connectivity index (χ3v) is 6.92. The van der Waals surface area contributed by atoms with Crippen molar-refractivity contribution in [3.8, 4) is 5.75 Å². The number of esters is 1. The van der Waals surface area contributed by atoms with Gasteiger partial charge in [0.1, 0.15) is 11.6 Å². The average Bonchev–Trinajstić information content (AvgIpc) is 2.65. The highest BCUT2D eigenvalue weighted by molar-refractivity contribution is 7.89. The van der Waals surface area contributed by atoms with E-state index in [0.717, 1.165) is 17.7 Å². The number of ether oxygens (including phenoxy) is 1. The van der Waals surface area contributed by atoms with Crippen molar-refractivity contribution in [2.24, 2.45) is 5.92 Å². The Bertz CT molecular complexity index is 939. The molecule has 0 spiro atoms. The van der Waals surface area contributed by atoms with Gasteiger partial charge in [0, 0.05) is 18.1 Å². The molecule has 0 aromatic heterocycles. The second kappa shape index (κ2) is 7.96. The molecule has 1 saturated heterocycles. The highest BCUT2D eigenvalue weighted by atomic mass is 35.5. The third kappa shape index (κ3) is 4.48. The predicted molar refractivity (Wildman–Crippen MR) is 99.7 cm³/mol. The van der Waals surface area contributed by atoms with Crippen LogP contribution in [0.4, 0.5) is 4.39 Å². The van der Waals surface area contributed by atoms with Gasteiger partial charge in [-0.25, -0.2) is 12.8 Å². The Kier molecular flexibility index (Phi) is 5.83. The van der Waals surface area contributed by atoms with Crippen LogP contribution < -0.4 is 4.74 Å². The summed E-state index contributed by atoms with van der Waals surface area (Å²) in [5, 5.41) is 0.592. The van der Waals surface area contributed by atoms with Gasteiger partial charge in [0.05, 0.1) is 10.8 Å². The fourth-order valence-electron chi connectivity index (χ4n) is 2.97. The summed E-state index contributed by atoms with van der Waals surface area (Å²) in [5.74, 6) is -0.827. The smallest absolute Gasteiger partial charge is 0.314 e. The minimum atomic E-state index is -3.70. The van der Waals surface area contributed by atoms with Crippen LogP contribution in [0.25, 0.3) is 0 Å². The molecule has 0 amide bonds. The van der Waals surface area contributed by atoms with Crippen molar-refractivity contribution in [1.82, 2.24) is 4.31 Å². The molecule has 0 N–H and O–H groups in total. The molecule has 1 fully saturated rings. The quantitative estimate of drug-likeness (QED) is 0.567. The minimum absolute atomic E-state index is 0.0431. The number of carbonyl (C=O) groups excluding carboxylic acids is 1. The largest absolute Gasteiger partial charge is 0.426 e. The molecule has 144 valence electrons. The van der Waals surface area contributed by atoms with Gasteiger partial charge >= 0.3 is 5.97 Å². The maximum atomic E-state index is 13.0. The van der Waals surface area contributed by atoms with Crippen molar-refractivity contribution in [3.63, 3.8) is 0 Å². The molecule has 0 saturated carbocycles. The normalized spacial score (nSPS) is 16.3. The molecule has 0 atom stereocenters. The topological polar surface area (TPSA) is 63.7 Å². The number of halogens is 2. The number of benzene rings is 2. The molecule has 1 aliphatic heterocycles. The maximum absolute atomic E-state index is 13.0. The van der Waals surface area contributed by atoms with Crippen molar-refractivity contribution in [2.45, 2.75) is 24.7 Å². The molecule has 0 aliphatic carbocycles. The third-order valence-electron chi connectivity index (χ3n) is 4.59. The van der Waals surface area contributed by atoms with Gasteiger partial charge in [-0.2, -0.15) is 4.31 Å². The van der Waals surface area contributed by atoms with Crippen molar-refractivity contribution >= 4 is 27.6 Å². The van der Waals surface area contributed by atoms with Crippen LogP contribution in [-0.4, -0.2) is 31.8 Å². The molecule has 8 heteroatoms. The number of aryl methyl sites for hydroxylation is 1. The summed E-state index contributed by atoms with van der Waals surface area (Å²) < 4.78 is 45.0. The van der Waals surface area contributed by atoms with E-state index in [1.807, 2.05) is 6.92 Å². The molecule has 0 radical (unpaired) electrons. The monoisotopic (exact) mass is 411 g/mol. The zero-order valence-corrected chi connectivity index (χ0v) is 16.3. The fourth-order valence-corrected chi connectivity index (χ4v) is 4.55. The van der Waals surface area contributed by atoms with Gasteiger partial charge in [-0.05, 0) is 67.8 Å². The lowest BCUT2D eigenvalue weighted by atomic mass is 9.98. The van der Waals surface area contributed by atoms with E-state index in [2.05, 4.69) is 0 Å². The second-order valence-corrected chi connectivity index (χ2v) is 8.81. The van der Waals surface area contributed by atoms with Crippen molar-refractivity contribution in [3.05, 3.63) is 58.9 Å². The van der Waals surface area contributed by atoms with Crippen LogP contribution in [0.2, 0.25) is 5.02 Å². The fraction of sp³-hybridized carbons (Fsp3) is 0.316. The molecule has 27 heavy (non-hydrogen) atoms. The number of nitrogens with zero attached hydrogens (tertiary/aromatic N) is 1. The van der Waals surface area contributed by atoms with E-state index in [0.29, 0.717) is 23.6 Å². The molecule has 0 bridgehead atoms. The SMILES string of the molecule is Cc1cc(OC(=O)C2CCN(S(=O)(=O)c3ccc(F)cc3)CC2)ccc1Cl. The molecule has 1 heterocycles. The Morgan fingerprint density at radius 3 is 2.37 bits per heavy atom. The summed E-state index contributed by atoms with van der Waals surface area (Å²) in [7, 11) is -3.70. The molecule has 2 aromatic rings. The summed E-state index contributed by atoms with van der Waals surface area (Å²) in [4.78, 5) is 12.4. The van der Waals surface area contributed by atoms with E-state index >= 15 is 0 Å². The number of sulfonamides is 1. The minimum Gasteiger partial charge on any atom is -0.426 e. The van der Waals surface area contributed by atoms with E-state index in [1.54, 1.807) is 18.2 Å². The summed E-state index contributed by atoms with van der Waals surface area (Å²) in [6.45, 7) is 2.23. The molecule has 3 rings (SSSR count).